The largest absolute Gasteiger partial charge is 0.481 e. The Labute approximate surface area is 65.9 Å². The molecule has 11 heavy (non-hydrogen) atoms. The topological polar surface area (TPSA) is 80.8 Å². The van der Waals surface area contributed by atoms with Crippen LogP contribution in [0.25, 0.3) is 0 Å². The van der Waals surface area contributed by atoms with E-state index in [0.29, 0.717) is 0 Å². The Morgan fingerprint density at radius 2 is 2.27 bits per heavy atom. The van der Waals surface area contributed by atoms with Crippen LogP contribution in [0.1, 0.15) is 25.7 Å². The number of piperidine rings is 1. The zero-order chi connectivity index (χ0) is 7.40. The monoisotopic (exact) mass is 161 g/mol. The van der Waals surface area contributed by atoms with Crippen molar-refractivity contribution < 1.29 is 15.4 Å². The molecule has 0 bridgehead atoms. The fourth-order valence-electron chi connectivity index (χ4n) is 1.31. The molecule has 0 amide bonds. The van der Waals surface area contributed by atoms with Crippen LogP contribution in [-0.4, -0.2) is 29.1 Å². The first-order valence-electron chi connectivity index (χ1n) is 3.74. The first-order chi connectivity index (χ1) is 4.79. The van der Waals surface area contributed by atoms with Crippen molar-refractivity contribution in [2.24, 2.45) is 0 Å². The molecule has 1 atom stereocenters. The Morgan fingerprint density at radius 3 is 2.73 bits per heavy atom. The van der Waals surface area contributed by atoms with E-state index in [0.717, 1.165) is 13.0 Å². The highest BCUT2D eigenvalue weighted by Crippen LogP contribution is 2.09. The maximum atomic E-state index is 10.2. The zero-order valence-electron chi connectivity index (χ0n) is 6.47. The number of carboxylic acid groups (broad SMARTS) is 1. The number of aliphatic carboxylic acids is 1. The third kappa shape index (κ3) is 3.95. The molecule has 0 radical (unpaired) electrons. The van der Waals surface area contributed by atoms with Gasteiger partial charge >= 0.3 is 5.97 Å². The van der Waals surface area contributed by atoms with Crippen molar-refractivity contribution in [3.63, 3.8) is 0 Å². The lowest BCUT2D eigenvalue weighted by molar-refractivity contribution is -0.137. The van der Waals surface area contributed by atoms with E-state index in [1.54, 1.807) is 0 Å². The van der Waals surface area contributed by atoms with Crippen molar-refractivity contribution >= 4 is 5.97 Å². The molecular formula is C7H15NO3. The summed E-state index contributed by atoms with van der Waals surface area (Å²) in [6, 6.07) is 0.228. The van der Waals surface area contributed by atoms with Gasteiger partial charge in [0.05, 0.1) is 6.42 Å². The van der Waals surface area contributed by atoms with Crippen LogP contribution in [0.3, 0.4) is 0 Å². The van der Waals surface area contributed by atoms with Crippen LogP contribution >= 0.6 is 0 Å². The van der Waals surface area contributed by atoms with E-state index in [1.165, 1.54) is 12.8 Å². The molecule has 1 fully saturated rings. The Kier molecular flexibility index (Phi) is 4.81. The molecule has 1 unspecified atom stereocenters. The molecule has 66 valence electrons. The lowest BCUT2D eigenvalue weighted by atomic mass is 10.0. The molecule has 0 aromatic rings. The van der Waals surface area contributed by atoms with Gasteiger partial charge in [0, 0.05) is 6.04 Å². The van der Waals surface area contributed by atoms with E-state index in [2.05, 4.69) is 5.32 Å². The highest BCUT2D eigenvalue weighted by atomic mass is 16.4. The van der Waals surface area contributed by atoms with Crippen molar-refractivity contribution in [3.8, 4) is 0 Å². The van der Waals surface area contributed by atoms with Crippen LogP contribution in [0.4, 0.5) is 0 Å². The first-order valence-corrected chi connectivity index (χ1v) is 3.74. The van der Waals surface area contributed by atoms with Gasteiger partial charge in [-0.3, -0.25) is 4.79 Å². The maximum absolute atomic E-state index is 10.2. The highest BCUT2D eigenvalue weighted by molar-refractivity contribution is 5.67. The number of rotatable bonds is 2. The summed E-state index contributed by atoms with van der Waals surface area (Å²) in [6.07, 6.45) is 3.66. The third-order valence-corrected chi connectivity index (χ3v) is 1.83. The van der Waals surface area contributed by atoms with E-state index >= 15 is 0 Å². The summed E-state index contributed by atoms with van der Waals surface area (Å²) in [5, 5.41) is 11.6. The third-order valence-electron chi connectivity index (χ3n) is 1.83. The molecule has 4 N–H and O–H groups in total. The van der Waals surface area contributed by atoms with Crippen molar-refractivity contribution in [2.75, 3.05) is 6.54 Å². The molecule has 1 saturated heterocycles. The fraction of sp³-hybridized carbons (Fsp3) is 0.857. The highest BCUT2D eigenvalue weighted by Gasteiger charge is 2.14. The van der Waals surface area contributed by atoms with E-state index in [9.17, 15) is 4.79 Å². The number of carbonyl (C=O) groups is 1. The number of carboxylic acids is 1. The van der Waals surface area contributed by atoms with Crippen LogP contribution in [0.2, 0.25) is 0 Å². The Morgan fingerprint density at radius 1 is 1.55 bits per heavy atom. The second-order valence-corrected chi connectivity index (χ2v) is 2.74. The van der Waals surface area contributed by atoms with Crippen molar-refractivity contribution in [3.05, 3.63) is 0 Å². The molecule has 0 spiro atoms. The van der Waals surface area contributed by atoms with Crippen molar-refractivity contribution in [1.82, 2.24) is 5.32 Å². The second-order valence-electron chi connectivity index (χ2n) is 2.74. The van der Waals surface area contributed by atoms with Crippen LogP contribution in [0.15, 0.2) is 0 Å². The van der Waals surface area contributed by atoms with Gasteiger partial charge in [0.25, 0.3) is 0 Å². The summed E-state index contributed by atoms with van der Waals surface area (Å²) in [5.74, 6) is -0.695. The Hall–Kier alpha value is -0.610. The maximum Gasteiger partial charge on any atom is 0.304 e. The van der Waals surface area contributed by atoms with Crippen molar-refractivity contribution in [2.45, 2.75) is 31.7 Å². The predicted molar refractivity (Wildman–Crippen MR) is 41.5 cm³/mol. The minimum atomic E-state index is -0.695. The van der Waals surface area contributed by atoms with E-state index in [4.69, 9.17) is 5.11 Å². The molecule has 0 aromatic carbocycles. The van der Waals surface area contributed by atoms with Gasteiger partial charge in [0.2, 0.25) is 0 Å². The van der Waals surface area contributed by atoms with Gasteiger partial charge in [-0.25, -0.2) is 0 Å². The number of hydrogen-bond acceptors (Lipinski definition) is 2. The van der Waals surface area contributed by atoms with Crippen LogP contribution in [-0.2, 0) is 4.79 Å². The smallest absolute Gasteiger partial charge is 0.304 e. The summed E-state index contributed by atoms with van der Waals surface area (Å²) in [4.78, 5) is 10.2. The molecule has 0 aliphatic carbocycles. The van der Waals surface area contributed by atoms with E-state index < -0.39 is 5.97 Å². The minimum Gasteiger partial charge on any atom is -0.481 e. The van der Waals surface area contributed by atoms with Crippen LogP contribution in [0.5, 0.6) is 0 Å². The molecule has 1 heterocycles. The summed E-state index contributed by atoms with van der Waals surface area (Å²) < 4.78 is 0. The normalized spacial score (nSPS) is 23.8. The summed E-state index contributed by atoms with van der Waals surface area (Å²) in [6.45, 7) is 0.984. The molecule has 4 heteroatoms. The van der Waals surface area contributed by atoms with Gasteiger partial charge < -0.3 is 15.9 Å². The minimum absolute atomic E-state index is 0. The Balaban J connectivity index is 0.000001000. The summed E-state index contributed by atoms with van der Waals surface area (Å²) in [5.41, 5.74) is 0. The average molecular weight is 161 g/mol. The quantitative estimate of drug-likeness (QED) is 0.587. The average Bonchev–Trinajstić information content (AvgIpc) is 1.88. The van der Waals surface area contributed by atoms with Crippen LogP contribution < -0.4 is 5.32 Å². The van der Waals surface area contributed by atoms with Gasteiger partial charge in [0.15, 0.2) is 0 Å². The van der Waals surface area contributed by atoms with Gasteiger partial charge in [-0.15, -0.1) is 0 Å². The van der Waals surface area contributed by atoms with Gasteiger partial charge in [-0.2, -0.15) is 0 Å². The first kappa shape index (κ1) is 10.4. The molecule has 0 aromatic heterocycles. The van der Waals surface area contributed by atoms with E-state index in [-0.39, 0.29) is 17.9 Å². The number of hydrogen-bond donors (Lipinski definition) is 2. The second kappa shape index (κ2) is 5.09. The lowest BCUT2D eigenvalue weighted by Crippen LogP contribution is -2.35. The summed E-state index contributed by atoms with van der Waals surface area (Å²) in [7, 11) is 0. The Bertz CT molecular complexity index is 121. The molecule has 1 aliphatic rings. The standard InChI is InChI=1S/C7H13NO2.H2O/c9-7(10)5-6-3-1-2-4-8-6;/h6,8H,1-5H2,(H,9,10);1H2. The van der Waals surface area contributed by atoms with Gasteiger partial charge in [-0.05, 0) is 19.4 Å². The van der Waals surface area contributed by atoms with Gasteiger partial charge in [0.1, 0.15) is 0 Å². The molecule has 1 rings (SSSR count). The molecule has 1 aliphatic heterocycles. The van der Waals surface area contributed by atoms with Crippen molar-refractivity contribution in [1.29, 1.82) is 0 Å². The van der Waals surface area contributed by atoms with Crippen LogP contribution in [0, 0.1) is 0 Å². The molecule has 4 nitrogen and oxygen atoms in total. The lowest BCUT2D eigenvalue weighted by Gasteiger charge is -2.21. The van der Waals surface area contributed by atoms with E-state index in [1.807, 2.05) is 0 Å². The van der Waals surface area contributed by atoms with Gasteiger partial charge in [-0.1, -0.05) is 6.42 Å². The summed E-state index contributed by atoms with van der Waals surface area (Å²) >= 11 is 0. The molecular weight excluding hydrogens is 146 g/mol. The fourth-order valence-corrected chi connectivity index (χ4v) is 1.31. The predicted octanol–water partition coefficient (Wildman–Crippen LogP) is -0.221. The molecule has 0 saturated carbocycles. The SMILES string of the molecule is O.O=C(O)CC1CCCCN1. The number of nitrogens with one attached hydrogen (secondary N) is 1. The zero-order valence-corrected chi connectivity index (χ0v) is 6.47.